The highest BCUT2D eigenvalue weighted by Crippen LogP contribution is 2.27. The van der Waals surface area contributed by atoms with Crippen LogP contribution >= 0.6 is 34.8 Å². The van der Waals surface area contributed by atoms with E-state index in [0.717, 1.165) is 16.1 Å². The molecule has 0 fully saturated rings. The van der Waals surface area contributed by atoms with Crippen molar-refractivity contribution in [2.24, 2.45) is 0 Å². The molecule has 35 heavy (non-hydrogen) atoms. The largest absolute Gasteiger partial charge is 0.350 e. The number of benzene rings is 2. The third-order valence-electron chi connectivity index (χ3n) is 4.96. The van der Waals surface area contributed by atoms with Gasteiger partial charge in [0, 0.05) is 27.2 Å². The van der Waals surface area contributed by atoms with Crippen LogP contribution in [0.25, 0.3) is 0 Å². The van der Waals surface area contributed by atoms with Crippen LogP contribution in [0.4, 0.5) is 5.69 Å². The van der Waals surface area contributed by atoms with Gasteiger partial charge in [-0.1, -0.05) is 53.9 Å². The Morgan fingerprint density at radius 2 is 1.51 bits per heavy atom. The van der Waals surface area contributed by atoms with Crippen molar-refractivity contribution in [2.45, 2.75) is 52.2 Å². The summed E-state index contributed by atoms with van der Waals surface area (Å²) in [4.78, 5) is 28.1. The molecule has 0 unspecified atom stereocenters. The SMILES string of the molecule is CC[C@@H](C(=O)NC(C)(C)C)N(Cc1ccc(Cl)cc1)C(=O)CN(c1cc(Cl)cc(Cl)c1)S(C)(=O)=O. The molecule has 1 N–H and O–H groups in total. The van der Waals surface area contributed by atoms with Gasteiger partial charge in [0.25, 0.3) is 0 Å². The van der Waals surface area contributed by atoms with E-state index in [2.05, 4.69) is 5.32 Å². The fourth-order valence-electron chi connectivity index (χ4n) is 3.46. The average molecular weight is 563 g/mol. The molecule has 2 rings (SSSR count). The van der Waals surface area contributed by atoms with Crippen molar-refractivity contribution in [1.82, 2.24) is 10.2 Å². The van der Waals surface area contributed by atoms with Crippen LogP contribution in [0.1, 0.15) is 39.7 Å². The van der Waals surface area contributed by atoms with Crippen molar-refractivity contribution in [3.05, 3.63) is 63.1 Å². The number of sulfonamides is 1. The van der Waals surface area contributed by atoms with Gasteiger partial charge >= 0.3 is 0 Å². The molecule has 2 amide bonds. The summed E-state index contributed by atoms with van der Waals surface area (Å²) < 4.78 is 26.2. The molecule has 192 valence electrons. The highest BCUT2D eigenvalue weighted by Gasteiger charge is 2.33. The van der Waals surface area contributed by atoms with Gasteiger partial charge in [-0.2, -0.15) is 0 Å². The topological polar surface area (TPSA) is 86.8 Å². The zero-order chi connectivity index (χ0) is 26.6. The van der Waals surface area contributed by atoms with Crippen molar-refractivity contribution in [3.63, 3.8) is 0 Å². The summed E-state index contributed by atoms with van der Waals surface area (Å²) in [7, 11) is -3.89. The summed E-state index contributed by atoms with van der Waals surface area (Å²) in [5.41, 5.74) is 0.369. The molecule has 0 aliphatic heterocycles. The Bertz CT molecular complexity index is 1150. The summed E-state index contributed by atoms with van der Waals surface area (Å²) in [6, 6.07) is 10.3. The second-order valence-electron chi connectivity index (χ2n) is 9.21. The molecular weight excluding hydrogens is 533 g/mol. The molecule has 0 heterocycles. The van der Waals surface area contributed by atoms with Crippen LogP contribution in [0.5, 0.6) is 0 Å². The Morgan fingerprint density at radius 1 is 0.971 bits per heavy atom. The zero-order valence-electron chi connectivity index (χ0n) is 20.3. The van der Waals surface area contributed by atoms with Crippen molar-refractivity contribution >= 4 is 62.3 Å². The van der Waals surface area contributed by atoms with Crippen LogP contribution < -0.4 is 9.62 Å². The number of halogens is 3. The maximum atomic E-state index is 13.6. The second kappa shape index (κ2) is 11.8. The molecule has 0 aliphatic rings. The predicted molar refractivity (Wildman–Crippen MR) is 143 cm³/mol. The fourth-order valence-corrected chi connectivity index (χ4v) is 4.93. The Labute approximate surface area is 222 Å². The summed E-state index contributed by atoms with van der Waals surface area (Å²) in [6.45, 7) is 6.87. The Balaban J connectivity index is 2.48. The van der Waals surface area contributed by atoms with Gasteiger partial charge in [-0.3, -0.25) is 13.9 Å². The number of carbonyl (C=O) groups excluding carboxylic acids is 2. The van der Waals surface area contributed by atoms with Crippen LogP contribution in [-0.2, 0) is 26.2 Å². The fraction of sp³-hybridized carbons (Fsp3) is 0.417. The normalized spacial score (nSPS) is 12.7. The number of nitrogens with zero attached hydrogens (tertiary/aromatic N) is 2. The van der Waals surface area contributed by atoms with E-state index in [9.17, 15) is 18.0 Å². The lowest BCUT2D eigenvalue weighted by atomic mass is 10.1. The van der Waals surface area contributed by atoms with Crippen LogP contribution in [0.15, 0.2) is 42.5 Å². The van der Waals surface area contributed by atoms with Gasteiger partial charge in [0.15, 0.2) is 0 Å². The minimum absolute atomic E-state index is 0.0833. The predicted octanol–water partition coefficient (Wildman–Crippen LogP) is 5.13. The molecule has 0 saturated heterocycles. The number of carbonyl (C=O) groups is 2. The van der Waals surface area contributed by atoms with Crippen molar-refractivity contribution in [3.8, 4) is 0 Å². The summed E-state index contributed by atoms with van der Waals surface area (Å²) in [5, 5.41) is 3.89. The number of hydrogen-bond donors (Lipinski definition) is 1. The Hall–Kier alpha value is -2.00. The summed E-state index contributed by atoms with van der Waals surface area (Å²) >= 11 is 18.1. The molecule has 0 aliphatic carbocycles. The average Bonchev–Trinajstić information content (AvgIpc) is 2.70. The molecule has 11 heteroatoms. The van der Waals surface area contributed by atoms with E-state index >= 15 is 0 Å². The molecule has 0 saturated carbocycles. The van der Waals surface area contributed by atoms with E-state index in [1.807, 2.05) is 20.8 Å². The van der Waals surface area contributed by atoms with Gasteiger partial charge in [0.2, 0.25) is 21.8 Å². The molecule has 7 nitrogen and oxygen atoms in total. The first-order valence-corrected chi connectivity index (χ1v) is 13.9. The number of amides is 2. The van der Waals surface area contributed by atoms with Crippen LogP contribution in [-0.4, -0.2) is 49.5 Å². The first-order chi connectivity index (χ1) is 16.1. The highest BCUT2D eigenvalue weighted by atomic mass is 35.5. The molecule has 0 aromatic heterocycles. The standard InChI is InChI=1S/C24H30Cl3N3O4S/c1-6-21(23(32)28-24(2,3)4)29(14-16-7-9-17(25)10-8-16)22(31)15-30(35(5,33)34)20-12-18(26)11-19(27)13-20/h7-13,21H,6,14-15H2,1-5H3,(H,28,32)/t21-/m0/s1. The van der Waals surface area contributed by atoms with E-state index in [1.54, 1.807) is 31.2 Å². The molecule has 0 bridgehead atoms. The maximum Gasteiger partial charge on any atom is 0.244 e. The van der Waals surface area contributed by atoms with Crippen molar-refractivity contribution < 1.29 is 18.0 Å². The van der Waals surface area contributed by atoms with Gasteiger partial charge in [0.1, 0.15) is 12.6 Å². The molecular formula is C24H30Cl3N3O4S. The lowest BCUT2D eigenvalue weighted by molar-refractivity contribution is -0.141. The number of hydrogen-bond acceptors (Lipinski definition) is 4. The van der Waals surface area contributed by atoms with E-state index in [0.29, 0.717) is 11.4 Å². The lowest BCUT2D eigenvalue weighted by Gasteiger charge is -2.34. The van der Waals surface area contributed by atoms with Crippen molar-refractivity contribution in [2.75, 3.05) is 17.1 Å². The van der Waals surface area contributed by atoms with Gasteiger partial charge in [-0.25, -0.2) is 8.42 Å². The molecule has 0 radical (unpaired) electrons. The van der Waals surface area contributed by atoms with E-state index < -0.39 is 34.1 Å². The van der Waals surface area contributed by atoms with Crippen LogP contribution in [0.2, 0.25) is 15.1 Å². The summed E-state index contributed by atoms with van der Waals surface area (Å²) in [6.07, 6.45) is 1.31. The first kappa shape index (κ1) is 29.2. The summed E-state index contributed by atoms with van der Waals surface area (Å²) in [5.74, 6) is -0.892. The molecule has 2 aromatic rings. The van der Waals surface area contributed by atoms with Crippen molar-refractivity contribution in [1.29, 1.82) is 0 Å². The van der Waals surface area contributed by atoms with E-state index in [1.165, 1.54) is 23.1 Å². The Morgan fingerprint density at radius 3 is 1.97 bits per heavy atom. The van der Waals surface area contributed by atoms with Gasteiger partial charge in [-0.15, -0.1) is 0 Å². The lowest BCUT2D eigenvalue weighted by Crippen LogP contribution is -2.55. The third-order valence-corrected chi connectivity index (χ3v) is 6.79. The quantitative estimate of drug-likeness (QED) is 0.459. The number of nitrogens with one attached hydrogen (secondary N) is 1. The minimum atomic E-state index is -3.89. The first-order valence-electron chi connectivity index (χ1n) is 10.9. The zero-order valence-corrected chi connectivity index (χ0v) is 23.4. The van der Waals surface area contributed by atoms with Gasteiger partial charge < -0.3 is 10.2 Å². The van der Waals surface area contributed by atoms with Crippen LogP contribution in [0.3, 0.4) is 0 Å². The maximum absolute atomic E-state index is 13.6. The van der Waals surface area contributed by atoms with E-state index in [-0.39, 0.29) is 28.2 Å². The van der Waals surface area contributed by atoms with Gasteiger partial charge in [-0.05, 0) is 63.1 Å². The third kappa shape index (κ3) is 8.86. The smallest absolute Gasteiger partial charge is 0.244 e. The second-order valence-corrected chi connectivity index (χ2v) is 12.4. The molecule has 1 atom stereocenters. The van der Waals surface area contributed by atoms with E-state index in [4.69, 9.17) is 34.8 Å². The Kier molecular flexibility index (Phi) is 9.87. The number of rotatable bonds is 9. The monoisotopic (exact) mass is 561 g/mol. The van der Waals surface area contributed by atoms with Crippen LogP contribution in [0, 0.1) is 0 Å². The highest BCUT2D eigenvalue weighted by molar-refractivity contribution is 7.92. The molecule has 2 aromatic carbocycles. The molecule has 0 spiro atoms. The minimum Gasteiger partial charge on any atom is -0.350 e. The number of anilines is 1. The van der Waals surface area contributed by atoms with Gasteiger partial charge in [0.05, 0.1) is 11.9 Å².